The van der Waals surface area contributed by atoms with Gasteiger partial charge in [-0.3, -0.25) is 9.58 Å². The van der Waals surface area contributed by atoms with Gasteiger partial charge in [-0.05, 0) is 44.7 Å². The van der Waals surface area contributed by atoms with E-state index in [1.54, 1.807) is 25.3 Å². The third-order valence-electron chi connectivity index (χ3n) is 8.00. The number of rotatable bonds is 7. The Hall–Kier alpha value is -3.29. The summed E-state index contributed by atoms with van der Waals surface area (Å²) in [7, 11) is 0. The molecule has 0 bridgehead atoms. The molecule has 2 aromatic heterocycles. The van der Waals surface area contributed by atoms with E-state index >= 15 is 0 Å². The van der Waals surface area contributed by atoms with Crippen molar-refractivity contribution in [2.75, 3.05) is 18.4 Å². The van der Waals surface area contributed by atoms with Crippen LogP contribution in [0, 0.1) is 17.2 Å². The number of ether oxygens (including phenoxy) is 1. The first-order valence-corrected chi connectivity index (χ1v) is 13.3. The number of aromatic nitrogens is 3. The van der Waals surface area contributed by atoms with E-state index in [-0.39, 0.29) is 18.8 Å². The van der Waals surface area contributed by atoms with Gasteiger partial charge in [0.15, 0.2) is 5.75 Å². The van der Waals surface area contributed by atoms with Crippen molar-refractivity contribution in [1.29, 1.82) is 5.26 Å². The molecule has 6 rings (SSSR count). The van der Waals surface area contributed by atoms with Gasteiger partial charge in [0.1, 0.15) is 28.8 Å². The highest BCUT2D eigenvalue weighted by molar-refractivity contribution is 5.49. The van der Waals surface area contributed by atoms with Gasteiger partial charge >= 0.3 is 0 Å². The van der Waals surface area contributed by atoms with Gasteiger partial charge < -0.3 is 15.2 Å². The zero-order valence-electron chi connectivity index (χ0n) is 21.4. The second kappa shape index (κ2) is 9.17. The Kier molecular flexibility index (Phi) is 6.04. The van der Waals surface area contributed by atoms with Gasteiger partial charge in [0.2, 0.25) is 5.92 Å². The minimum atomic E-state index is -2.60. The van der Waals surface area contributed by atoms with Crippen molar-refractivity contribution in [2.24, 2.45) is 5.92 Å². The lowest BCUT2D eigenvalue weighted by Crippen LogP contribution is -2.72. The number of pyridine rings is 1. The van der Waals surface area contributed by atoms with Gasteiger partial charge in [-0.15, -0.1) is 0 Å². The Labute approximate surface area is 220 Å². The first-order chi connectivity index (χ1) is 18.2. The maximum atomic E-state index is 13.8. The molecule has 0 radical (unpaired) electrons. The summed E-state index contributed by atoms with van der Waals surface area (Å²) in [5.74, 6) is -1.53. The van der Waals surface area contributed by atoms with E-state index in [9.17, 15) is 19.1 Å². The molecular weight excluding hydrogens is 490 g/mol. The summed E-state index contributed by atoms with van der Waals surface area (Å²) in [6.07, 6.45) is 13.6. The van der Waals surface area contributed by atoms with Crippen molar-refractivity contribution in [3.8, 4) is 17.6 Å². The highest BCUT2D eigenvalue weighted by atomic mass is 19.3. The predicted octanol–water partition coefficient (Wildman–Crippen LogP) is 5.14. The van der Waals surface area contributed by atoms with Gasteiger partial charge in [-0.2, -0.15) is 10.4 Å². The van der Waals surface area contributed by atoms with Crippen molar-refractivity contribution >= 4 is 5.82 Å². The summed E-state index contributed by atoms with van der Waals surface area (Å²) in [6.45, 7) is 2.61. The molecule has 10 heteroatoms. The molecule has 3 aliphatic carbocycles. The fraction of sp³-hybridized carbons (Fsp3) is 0.536. The van der Waals surface area contributed by atoms with Crippen molar-refractivity contribution < 1.29 is 18.6 Å². The van der Waals surface area contributed by atoms with E-state index in [0.29, 0.717) is 49.3 Å². The van der Waals surface area contributed by atoms with Crippen LogP contribution in [0.4, 0.5) is 14.6 Å². The molecule has 4 aliphatic rings. The van der Waals surface area contributed by atoms with E-state index in [4.69, 9.17) is 9.84 Å². The number of allylic oxidation sites excluding steroid dienone is 2. The quantitative estimate of drug-likeness (QED) is 0.520. The summed E-state index contributed by atoms with van der Waals surface area (Å²) < 4.78 is 35.9. The molecule has 8 nitrogen and oxygen atoms in total. The first kappa shape index (κ1) is 25.0. The SMILES string of the molecule is CC1(O)CN(C2(Nc3cc(Oc4cn(C5CC5)nc4C4CCC(F)(F)CC4)ccn3)C=CC=CC2C#N)C1. The van der Waals surface area contributed by atoms with E-state index in [1.807, 2.05) is 40.1 Å². The van der Waals surface area contributed by atoms with Crippen LogP contribution < -0.4 is 10.1 Å². The van der Waals surface area contributed by atoms with Crippen LogP contribution in [0.5, 0.6) is 11.5 Å². The molecule has 2 aromatic rings. The number of hydrogen-bond acceptors (Lipinski definition) is 7. The fourth-order valence-electron chi connectivity index (χ4n) is 5.77. The lowest BCUT2D eigenvalue weighted by molar-refractivity contribution is -0.119. The average Bonchev–Trinajstić information content (AvgIpc) is 3.64. The maximum Gasteiger partial charge on any atom is 0.248 e. The van der Waals surface area contributed by atoms with Crippen LogP contribution in [0.2, 0.25) is 0 Å². The second-order valence-corrected chi connectivity index (χ2v) is 11.4. The number of β-amino-alcohol motifs (C(OH)–C–C–N with tert-alkyl or cyclic N) is 1. The monoisotopic (exact) mass is 522 g/mol. The molecule has 2 atom stereocenters. The van der Waals surface area contributed by atoms with Crippen molar-refractivity contribution in [1.82, 2.24) is 19.7 Å². The molecule has 0 amide bonds. The molecule has 3 heterocycles. The summed E-state index contributed by atoms with van der Waals surface area (Å²) in [6, 6.07) is 6.23. The molecule has 2 saturated carbocycles. The highest BCUT2D eigenvalue weighted by Gasteiger charge is 2.51. The number of hydrogen-bond donors (Lipinski definition) is 2. The first-order valence-electron chi connectivity index (χ1n) is 13.3. The predicted molar refractivity (Wildman–Crippen MR) is 137 cm³/mol. The third kappa shape index (κ3) is 4.81. The van der Waals surface area contributed by atoms with Gasteiger partial charge in [-0.1, -0.05) is 18.2 Å². The Morgan fingerprint density at radius 3 is 2.63 bits per heavy atom. The van der Waals surface area contributed by atoms with Crippen LogP contribution in [0.25, 0.3) is 0 Å². The van der Waals surface area contributed by atoms with E-state index in [1.165, 1.54) is 0 Å². The zero-order chi connectivity index (χ0) is 26.5. The largest absolute Gasteiger partial charge is 0.454 e. The number of anilines is 1. The van der Waals surface area contributed by atoms with Crippen LogP contribution in [-0.2, 0) is 0 Å². The molecule has 3 fully saturated rings. The highest BCUT2D eigenvalue weighted by Crippen LogP contribution is 2.45. The molecule has 200 valence electrons. The lowest BCUT2D eigenvalue weighted by Gasteiger charge is -2.55. The van der Waals surface area contributed by atoms with Gasteiger partial charge in [-0.25, -0.2) is 13.8 Å². The summed E-state index contributed by atoms with van der Waals surface area (Å²) in [5, 5.41) is 28.5. The van der Waals surface area contributed by atoms with E-state index in [0.717, 1.165) is 18.5 Å². The second-order valence-electron chi connectivity index (χ2n) is 11.4. The molecular formula is C28H32F2N6O2. The van der Waals surface area contributed by atoms with Crippen LogP contribution in [0.1, 0.15) is 63.1 Å². The maximum absolute atomic E-state index is 13.8. The number of aliphatic hydroxyl groups is 1. The van der Waals surface area contributed by atoms with Crippen LogP contribution in [-0.4, -0.2) is 55.0 Å². The molecule has 1 aliphatic heterocycles. The average molecular weight is 523 g/mol. The van der Waals surface area contributed by atoms with Gasteiger partial charge in [0.05, 0.1) is 23.9 Å². The van der Waals surface area contributed by atoms with E-state index < -0.39 is 23.1 Å². The van der Waals surface area contributed by atoms with Gasteiger partial charge in [0.25, 0.3) is 0 Å². The molecule has 0 spiro atoms. The smallest absolute Gasteiger partial charge is 0.248 e. The van der Waals surface area contributed by atoms with Crippen LogP contribution in [0.15, 0.2) is 48.8 Å². The zero-order valence-corrected chi connectivity index (χ0v) is 21.4. The van der Waals surface area contributed by atoms with Gasteiger partial charge in [0, 0.05) is 44.1 Å². The number of halogens is 2. The Bertz CT molecular complexity index is 1290. The minimum absolute atomic E-state index is 0.0675. The normalized spacial score (nSPS) is 28.4. The number of nitrogens with one attached hydrogen (secondary N) is 1. The van der Waals surface area contributed by atoms with Crippen molar-refractivity contribution in [3.05, 3.63) is 54.5 Å². The Morgan fingerprint density at radius 2 is 1.95 bits per heavy atom. The summed E-state index contributed by atoms with van der Waals surface area (Å²) in [5.41, 5.74) is -0.946. The number of nitriles is 1. The molecule has 0 aromatic carbocycles. The Balaban J connectivity index is 1.26. The van der Waals surface area contributed by atoms with E-state index in [2.05, 4.69) is 16.4 Å². The Morgan fingerprint density at radius 1 is 1.18 bits per heavy atom. The number of likely N-dealkylation sites (tertiary alicyclic amines) is 1. The molecule has 38 heavy (non-hydrogen) atoms. The summed E-state index contributed by atoms with van der Waals surface area (Å²) >= 11 is 0. The number of nitrogens with zero attached hydrogens (tertiary/aromatic N) is 5. The minimum Gasteiger partial charge on any atom is -0.454 e. The topological polar surface area (TPSA) is 99.2 Å². The lowest BCUT2D eigenvalue weighted by atomic mass is 9.82. The van der Waals surface area contributed by atoms with Crippen molar-refractivity contribution in [2.45, 2.75) is 74.6 Å². The summed E-state index contributed by atoms with van der Waals surface area (Å²) in [4.78, 5) is 6.52. The van der Waals surface area contributed by atoms with Crippen LogP contribution >= 0.6 is 0 Å². The van der Waals surface area contributed by atoms with Crippen molar-refractivity contribution in [3.63, 3.8) is 0 Å². The van der Waals surface area contributed by atoms with Crippen LogP contribution in [0.3, 0.4) is 0 Å². The molecule has 2 N–H and O–H groups in total. The number of alkyl halides is 2. The third-order valence-corrected chi connectivity index (χ3v) is 8.00. The fourth-order valence-corrected chi connectivity index (χ4v) is 5.77. The standard InChI is InChI=1S/C28H32F2N6O2/c1-26(37)17-35(18-26)28(10-3-2-4-20(28)15-31)33-24-14-22(9-13-32-24)38-23-16-36(21-5-6-21)34-25(23)19-7-11-27(29,30)12-8-19/h2-4,9-10,13-14,16,19-21,37H,5-8,11-12,17-18H2,1H3,(H,32,33). The molecule has 2 unspecified atom stereocenters. The molecule has 1 saturated heterocycles.